The number of halogens is 2. The van der Waals surface area contributed by atoms with E-state index in [2.05, 4.69) is 29.3 Å². The van der Waals surface area contributed by atoms with Crippen LogP contribution in [0.2, 0.25) is 0 Å². The number of rotatable bonds is 5. The molecule has 0 spiro atoms. The van der Waals surface area contributed by atoms with Gasteiger partial charge in [0.15, 0.2) is 0 Å². The van der Waals surface area contributed by atoms with Crippen molar-refractivity contribution in [1.82, 2.24) is 4.90 Å². The smallest absolute Gasteiger partial charge is 0.248 e. The fourth-order valence-corrected chi connectivity index (χ4v) is 3.20. The third-order valence-electron chi connectivity index (χ3n) is 5.09. The average molecular weight is 426 g/mol. The standard InChI is InChI=1S/C21H27N3O2.2ClH/c1-16(24-12-14-26-15-13-24)17-8-10-19(11-9-17)23-20(25)21(2,22)18-6-4-3-5-7-18;;/h3-11,16H,12-15,22H2,1-2H3,(H,23,25);2*1H. The van der Waals surface area contributed by atoms with Crippen LogP contribution in [-0.4, -0.2) is 37.1 Å². The molecule has 0 bridgehead atoms. The van der Waals surface area contributed by atoms with Crippen LogP contribution in [-0.2, 0) is 15.1 Å². The number of ether oxygens (including phenoxy) is 1. The number of morpholine rings is 1. The van der Waals surface area contributed by atoms with Crippen molar-refractivity contribution in [3.05, 3.63) is 65.7 Å². The van der Waals surface area contributed by atoms with Crippen molar-refractivity contribution in [3.8, 4) is 0 Å². The molecule has 3 rings (SSSR count). The number of anilines is 1. The van der Waals surface area contributed by atoms with Gasteiger partial charge in [-0.3, -0.25) is 9.69 Å². The number of amides is 1. The van der Waals surface area contributed by atoms with Crippen molar-refractivity contribution in [1.29, 1.82) is 0 Å². The van der Waals surface area contributed by atoms with E-state index in [9.17, 15) is 4.79 Å². The first-order valence-electron chi connectivity index (χ1n) is 9.06. The van der Waals surface area contributed by atoms with Crippen LogP contribution in [0.5, 0.6) is 0 Å². The van der Waals surface area contributed by atoms with Gasteiger partial charge in [-0.2, -0.15) is 0 Å². The minimum Gasteiger partial charge on any atom is -0.379 e. The Hall–Kier alpha value is -1.63. The molecule has 1 heterocycles. The Bertz CT molecular complexity index is 733. The first-order valence-corrected chi connectivity index (χ1v) is 9.06. The van der Waals surface area contributed by atoms with Gasteiger partial charge in [0.05, 0.1) is 13.2 Å². The minimum atomic E-state index is -1.08. The number of nitrogens with zero attached hydrogens (tertiary/aromatic N) is 1. The number of nitrogens with one attached hydrogen (secondary N) is 1. The molecule has 2 aromatic carbocycles. The Morgan fingerprint density at radius 1 is 1.07 bits per heavy atom. The van der Waals surface area contributed by atoms with Crippen LogP contribution in [0, 0.1) is 0 Å². The molecule has 1 amide bonds. The summed E-state index contributed by atoms with van der Waals surface area (Å²) in [6, 6.07) is 17.7. The number of hydrogen-bond acceptors (Lipinski definition) is 4. The second kappa shape index (κ2) is 10.8. The zero-order chi connectivity index (χ0) is 18.6. The summed E-state index contributed by atoms with van der Waals surface area (Å²) in [5.74, 6) is -0.224. The fourth-order valence-electron chi connectivity index (χ4n) is 3.20. The average Bonchev–Trinajstić information content (AvgIpc) is 2.69. The number of carbonyl (C=O) groups excluding carboxylic acids is 1. The summed E-state index contributed by atoms with van der Waals surface area (Å²) in [5.41, 5.74) is 7.96. The third kappa shape index (κ3) is 5.69. The Morgan fingerprint density at radius 2 is 1.64 bits per heavy atom. The second-order valence-electron chi connectivity index (χ2n) is 6.97. The number of hydrogen-bond donors (Lipinski definition) is 2. The molecule has 2 aromatic rings. The van der Waals surface area contributed by atoms with E-state index < -0.39 is 5.54 Å². The van der Waals surface area contributed by atoms with Gasteiger partial charge in [0.1, 0.15) is 5.54 Å². The first kappa shape index (κ1) is 24.4. The van der Waals surface area contributed by atoms with Crippen molar-refractivity contribution in [2.75, 3.05) is 31.6 Å². The lowest BCUT2D eigenvalue weighted by molar-refractivity contribution is -0.120. The predicted octanol–water partition coefficient (Wildman–Crippen LogP) is 3.74. The summed E-state index contributed by atoms with van der Waals surface area (Å²) >= 11 is 0. The summed E-state index contributed by atoms with van der Waals surface area (Å²) < 4.78 is 5.42. The highest BCUT2D eigenvalue weighted by Gasteiger charge is 2.30. The van der Waals surface area contributed by atoms with Crippen LogP contribution >= 0.6 is 24.8 Å². The Labute approximate surface area is 179 Å². The maximum atomic E-state index is 12.6. The van der Waals surface area contributed by atoms with Crippen LogP contribution in [0.1, 0.15) is 31.0 Å². The predicted molar refractivity (Wildman–Crippen MR) is 118 cm³/mol. The zero-order valence-electron chi connectivity index (χ0n) is 16.3. The topological polar surface area (TPSA) is 67.6 Å². The lowest BCUT2D eigenvalue weighted by Crippen LogP contribution is -2.45. The highest BCUT2D eigenvalue weighted by Crippen LogP contribution is 2.24. The maximum Gasteiger partial charge on any atom is 0.248 e. The van der Waals surface area contributed by atoms with Gasteiger partial charge in [0, 0.05) is 24.8 Å². The van der Waals surface area contributed by atoms with Crippen LogP contribution in [0.4, 0.5) is 5.69 Å². The molecule has 0 aliphatic carbocycles. The quantitative estimate of drug-likeness (QED) is 0.765. The third-order valence-corrected chi connectivity index (χ3v) is 5.09. The molecule has 5 nitrogen and oxygen atoms in total. The summed E-state index contributed by atoms with van der Waals surface area (Å²) in [4.78, 5) is 15.0. The number of carbonyl (C=O) groups is 1. The molecule has 1 aliphatic heterocycles. The van der Waals surface area contributed by atoms with Crippen molar-refractivity contribution in [2.45, 2.75) is 25.4 Å². The molecule has 2 unspecified atom stereocenters. The zero-order valence-corrected chi connectivity index (χ0v) is 17.9. The molecule has 2 atom stereocenters. The molecule has 0 saturated carbocycles. The molecule has 154 valence electrons. The van der Waals surface area contributed by atoms with Crippen LogP contribution in [0.15, 0.2) is 54.6 Å². The Balaban J connectivity index is 0.00000196. The molecule has 7 heteroatoms. The molecule has 1 saturated heterocycles. The molecule has 1 fully saturated rings. The highest BCUT2D eigenvalue weighted by molar-refractivity contribution is 5.98. The lowest BCUT2D eigenvalue weighted by atomic mass is 9.92. The molecular weight excluding hydrogens is 397 g/mol. The Kier molecular flexibility index (Phi) is 9.40. The van der Waals surface area contributed by atoms with E-state index in [4.69, 9.17) is 10.5 Å². The van der Waals surface area contributed by atoms with Gasteiger partial charge in [0.2, 0.25) is 5.91 Å². The van der Waals surface area contributed by atoms with Gasteiger partial charge in [-0.15, -0.1) is 24.8 Å². The van der Waals surface area contributed by atoms with Crippen molar-refractivity contribution >= 4 is 36.4 Å². The molecule has 0 radical (unpaired) electrons. The molecule has 1 aliphatic rings. The van der Waals surface area contributed by atoms with Crippen molar-refractivity contribution in [3.63, 3.8) is 0 Å². The maximum absolute atomic E-state index is 12.6. The monoisotopic (exact) mass is 425 g/mol. The van der Waals surface area contributed by atoms with Gasteiger partial charge < -0.3 is 15.8 Å². The normalized spacial score (nSPS) is 17.4. The second-order valence-corrected chi connectivity index (χ2v) is 6.97. The van der Waals surface area contributed by atoms with Crippen molar-refractivity contribution < 1.29 is 9.53 Å². The first-order chi connectivity index (χ1) is 12.5. The lowest BCUT2D eigenvalue weighted by Gasteiger charge is -2.32. The van der Waals surface area contributed by atoms with E-state index in [1.807, 2.05) is 42.5 Å². The van der Waals surface area contributed by atoms with E-state index in [1.54, 1.807) is 6.92 Å². The largest absolute Gasteiger partial charge is 0.379 e. The minimum absolute atomic E-state index is 0. The summed E-state index contributed by atoms with van der Waals surface area (Å²) in [6.07, 6.45) is 0. The number of nitrogens with two attached hydrogens (primary N) is 1. The molecule has 0 aromatic heterocycles. The molecule has 28 heavy (non-hydrogen) atoms. The Morgan fingerprint density at radius 3 is 2.21 bits per heavy atom. The van der Waals surface area contributed by atoms with E-state index in [-0.39, 0.29) is 30.7 Å². The van der Waals surface area contributed by atoms with E-state index >= 15 is 0 Å². The van der Waals surface area contributed by atoms with Gasteiger partial charge in [0.25, 0.3) is 0 Å². The highest BCUT2D eigenvalue weighted by atomic mass is 35.5. The van der Waals surface area contributed by atoms with Gasteiger partial charge in [-0.25, -0.2) is 0 Å². The van der Waals surface area contributed by atoms with Gasteiger partial charge in [-0.05, 0) is 37.1 Å². The van der Waals surface area contributed by atoms with E-state index in [0.717, 1.165) is 37.6 Å². The van der Waals surface area contributed by atoms with Crippen LogP contribution < -0.4 is 11.1 Å². The molecular formula is C21H29Cl2N3O2. The van der Waals surface area contributed by atoms with Crippen LogP contribution in [0.3, 0.4) is 0 Å². The fraction of sp³-hybridized carbons (Fsp3) is 0.381. The summed E-state index contributed by atoms with van der Waals surface area (Å²) in [7, 11) is 0. The van der Waals surface area contributed by atoms with Gasteiger partial charge >= 0.3 is 0 Å². The summed E-state index contributed by atoms with van der Waals surface area (Å²) in [6.45, 7) is 7.39. The molecule has 3 N–H and O–H groups in total. The summed E-state index contributed by atoms with van der Waals surface area (Å²) in [5, 5.41) is 2.93. The van der Waals surface area contributed by atoms with Gasteiger partial charge in [-0.1, -0.05) is 42.5 Å². The SMILES string of the molecule is CC(c1ccc(NC(=O)C(C)(N)c2ccccc2)cc1)N1CCOCC1.Cl.Cl. The van der Waals surface area contributed by atoms with E-state index in [0.29, 0.717) is 6.04 Å². The van der Waals surface area contributed by atoms with E-state index in [1.165, 1.54) is 5.56 Å². The van der Waals surface area contributed by atoms with Crippen LogP contribution in [0.25, 0.3) is 0 Å². The number of benzene rings is 2. The van der Waals surface area contributed by atoms with Crippen molar-refractivity contribution in [2.24, 2.45) is 5.73 Å².